The molecule has 3 nitrogen and oxygen atoms in total. The molecule has 0 saturated heterocycles. The van der Waals surface area contributed by atoms with Crippen LogP contribution >= 0.6 is 15.9 Å². The van der Waals surface area contributed by atoms with Crippen LogP contribution in [0.2, 0.25) is 0 Å². The van der Waals surface area contributed by atoms with Gasteiger partial charge in [0.05, 0.1) is 12.6 Å². The van der Waals surface area contributed by atoms with E-state index in [4.69, 9.17) is 0 Å². The maximum Gasteiger partial charge on any atom is 0.136 e. The van der Waals surface area contributed by atoms with Crippen molar-refractivity contribution in [3.8, 4) is 0 Å². The van der Waals surface area contributed by atoms with E-state index in [1.54, 1.807) is 0 Å². The highest BCUT2D eigenvalue weighted by Crippen LogP contribution is 2.24. The molecule has 0 fully saturated rings. The molecule has 1 aromatic carbocycles. The van der Waals surface area contributed by atoms with E-state index in [9.17, 15) is 9.66 Å². The maximum atomic E-state index is 12.0. The third kappa shape index (κ3) is 4.24. The first-order valence-electron chi connectivity index (χ1n) is 5.83. The van der Waals surface area contributed by atoms with Crippen LogP contribution in [-0.4, -0.2) is 14.4 Å². The minimum Gasteiger partial charge on any atom is -0.598 e. The quantitative estimate of drug-likeness (QED) is 0.832. The highest BCUT2D eigenvalue weighted by Gasteiger charge is 2.28. The fourth-order valence-corrected chi connectivity index (χ4v) is 2.74. The van der Waals surface area contributed by atoms with Crippen LogP contribution in [0.25, 0.3) is 0 Å². The Kier molecular flexibility index (Phi) is 5.67. The third-order valence-corrected chi connectivity index (χ3v) is 4.76. The second-order valence-electron chi connectivity index (χ2n) is 5.22. The van der Waals surface area contributed by atoms with Gasteiger partial charge in [-0.3, -0.25) is 0 Å². The van der Waals surface area contributed by atoms with Gasteiger partial charge >= 0.3 is 0 Å². The Balaban J connectivity index is 2.87. The molecule has 0 aliphatic carbocycles. The maximum absolute atomic E-state index is 12.0. The molecular formula is C13H20BrNO2S. The van der Waals surface area contributed by atoms with Gasteiger partial charge in [-0.1, -0.05) is 22.0 Å². The van der Waals surface area contributed by atoms with Crippen LogP contribution in [0.15, 0.2) is 22.7 Å². The monoisotopic (exact) mass is 333 g/mol. The molecular weight excluding hydrogens is 314 g/mol. The van der Waals surface area contributed by atoms with E-state index in [0.717, 1.165) is 15.6 Å². The largest absolute Gasteiger partial charge is 0.598 e. The number of rotatable bonds is 4. The van der Waals surface area contributed by atoms with Gasteiger partial charge in [0.15, 0.2) is 0 Å². The zero-order chi connectivity index (χ0) is 13.9. The number of hydrogen-bond acceptors (Lipinski definition) is 3. The number of hydrogen-bond donors (Lipinski definition) is 2. The van der Waals surface area contributed by atoms with Gasteiger partial charge in [-0.25, -0.2) is 0 Å². The molecule has 0 saturated carbocycles. The lowest BCUT2D eigenvalue weighted by molar-refractivity contribution is 0.279. The van der Waals surface area contributed by atoms with Crippen molar-refractivity contribution in [3.63, 3.8) is 0 Å². The van der Waals surface area contributed by atoms with E-state index in [0.29, 0.717) is 0 Å². The fourth-order valence-electron chi connectivity index (χ4n) is 1.53. The van der Waals surface area contributed by atoms with Gasteiger partial charge in [-0.15, -0.1) is 4.72 Å². The Labute approximate surface area is 120 Å². The van der Waals surface area contributed by atoms with Crippen molar-refractivity contribution in [2.45, 2.75) is 45.1 Å². The molecule has 0 bridgehead atoms. The average molecular weight is 334 g/mol. The van der Waals surface area contributed by atoms with E-state index in [-0.39, 0.29) is 17.4 Å². The number of aliphatic hydroxyl groups is 1. The minimum atomic E-state index is -1.13. The summed E-state index contributed by atoms with van der Waals surface area (Å²) in [5, 5.41) is 9.36. The Morgan fingerprint density at radius 2 is 2.06 bits per heavy atom. The van der Waals surface area contributed by atoms with E-state index < -0.39 is 11.4 Å². The van der Waals surface area contributed by atoms with Crippen LogP contribution in [-0.2, 0) is 18.0 Å². The molecule has 1 aromatic rings. The predicted octanol–water partition coefficient (Wildman–Crippen LogP) is 3.05. The van der Waals surface area contributed by atoms with Gasteiger partial charge in [0, 0.05) is 15.8 Å². The van der Waals surface area contributed by atoms with Crippen molar-refractivity contribution in [2.24, 2.45) is 0 Å². The summed E-state index contributed by atoms with van der Waals surface area (Å²) < 4.78 is 15.7. The summed E-state index contributed by atoms with van der Waals surface area (Å²) >= 11 is 2.25. The van der Waals surface area contributed by atoms with Gasteiger partial charge in [0.25, 0.3) is 0 Å². The Bertz CT molecular complexity index is 406. The molecule has 5 heteroatoms. The van der Waals surface area contributed by atoms with E-state index >= 15 is 0 Å². The second kappa shape index (κ2) is 6.39. The zero-order valence-electron chi connectivity index (χ0n) is 11.2. The zero-order valence-corrected chi connectivity index (χ0v) is 13.6. The van der Waals surface area contributed by atoms with E-state index in [1.807, 2.05) is 45.9 Å². The molecule has 102 valence electrons. The Hall–Kier alpha value is -0.0700. The number of benzene rings is 1. The molecule has 0 amide bonds. The van der Waals surface area contributed by atoms with E-state index in [1.165, 1.54) is 0 Å². The summed E-state index contributed by atoms with van der Waals surface area (Å²) in [7, 11) is 0. The van der Waals surface area contributed by atoms with Crippen LogP contribution < -0.4 is 4.72 Å². The Morgan fingerprint density at radius 3 is 2.56 bits per heavy atom. The predicted molar refractivity (Wildman–Crippen MR) is 79.5 cm³/mol. The number of nitrogens with one attached hydrogen (secondary N) is 1. The topological polar surface area (TPSA) is 55.3 Å². The average Bonchev–Trinajstić information content (AvgIpc) is 2.27. The normalized spacial score (nSPS) is 15.5. The molecule has 1 rings (SSSR count). The van der Waals surface area contributed by atoms with Crippen LogP contribution in [0.1, 0.15) is 44.9 Å². The molecule has 0 heterocycles. The van der Waals surface area contributed by atoms with Gasteiger partial charge in [0.1, 0.15) is 4.75 Å². The van der Waals surface area contributed by atoms with Crippen molar-refractivity contribution < 1.29 is 9.66 Å². The van der Waals surface area contributed by atoms with Crippen molar-refractivity contribution in [1.29, 1.82) is 0 Å². The van der Waals surface area contributed by atoms with Crippen LogP contribution in [0, 0.1) is 0 Å². The SMILES string of the molecule is C[C@H](N[S+]([O-])C(C)(C)C)c1ccc(Br)cc1CO. The summed E-state index contributed by atoms with van der Waals surface area (Å²) in [6, 6.07) is 5.67. The summed E-state index contributed by atoms with van der Waals surface area (Å²) in [4.78, 5) is 0. The number of aliphatic hydroxyl groups excluding tert-OH is 1. The fraction of sp³-hybridized carbons (Fsp3) is 0.538. The molecule has 0 aliphatic heterocycles. The van der Waals surface area contributed by atoms with Gasteiger partial charge in [-0.05, 0) is 51.0 Å². The third-order valence-electron chi connectivity index (χ3n) is 2.58. The molecule has 1 unspecified atom stereocenters. The van der Waals surface area contributed by atoms with Crippen molar-refractivity contribution in [1.82, 2.24) is 4.72 Å². The highest BCUT2D eigenvalue weighted by atomic mass is 79.9. The molecule has 2 atom stereocenters. The molecule has 0 aliphatic rings. The lowest BCUT2D eigenvalue weighted by atomic mass is 10.0. The van der Waals surface area contributed by atoms with Crippen LogP contribution in [0.5, 0.6) is 0 Å². The lowest BCUT2D eigenvalue weighted by Gasteiger charge is -2.27. The first kappa shape index (κ1) is 16.0. The first-order chi connectivity index (χ1) is 8.25. The molecule has 0 spiro atoms. The smallest absolute Gasteiger partial charge is 0.136 e. The van der Waals surface area contributed by atoms with Gasteiger partial charge < -0.3 is 9.66 Å². The lowest BCUT2D eigenvalue weighted by Crippen LogP contribution is -2.40. The minimum absolute atomic E-state index is 0.0249. The molecule has 2 N–H and O–H groups in total. The standard InChI is InChI=1S/C13H20BrNO2S/c1-9(15-18(17)13(2,3)4)12-6-5-11(14)7-10(12)8-16/h5-7,9,15-16H,8H2,1-4H3/t9-,18?/m0/s1. The van der Waals surface area contributed by atoms with Crippen molar-refractivity contribution in [3.05, 3.63) is 33.8 Å². The van der Waals surface area contributed by atoms with Crippen LogP contribution in [0.3, 0.4) is 0 Å². The summed E-state index contributed by atoms with van der Waals surface area (Å²) in [6.07, 6.45) is 0. The van der Waals surface area contributed by atoms with Gasteiger partial charge in [-0.2, -0.15) is 0 Å². The summed E-state index contributed by atoms with van der Waals surface area (Å²) in [5.41, 5.74) is 1.81. The molecule has 18 heavy (non-hydrogen) atoms. The summed E-state index contributed by atoms with van der Waals surface area (Å²) in [6.45, 7) is 7.71. The van der Waals surface area contributed by atoms with E-state index in [2.05, 4.69) is 20.7 Å². The van der Waals surface area contributed by atoms with Crippen LogP contribution in [0.4, 0.5) is 0 Å². The number of halogens is 1. The van der Waals surface area contributed by atoms with Crippen molar-refractivity contribution >= 4 is 27.3 Å². The first-order valence-corrected chi connectivity index (χ1v) is 7.77. The highest BCUT2D eigenvalue weighted by molar-refractivity contribution is 9.10. The van der Waals surface area contributed by atoms with Crippen molar-refractivity contribution in [2.75, 3.05) is 0 Å². The second-order valence-corrected chi connectivity index (χ2v) is 8.14. The summed E-state index contributed by atoms with van der Waals surface area (Å²) in [5.74, 6) is 0. The molecule has 0 radical (unpaired) electrons. The molecule has 0 aromatic heterocycles. The van der Waals surface area contributed by atoms with Gasteiger partial charge in [0.2, 0.25) is 0 Å². The Morgan fingerprint density at radius 1 is 1.44 bits per heavy atom.